The van der Waals surface area contributed by atoms with Crippen LogP contribution in [-0.2, 0) is 0 Å². The van der Waals surface area contributed by atoms with E-state index >= 15 is 0 Å². The molecule has 3 rings (SSSR count). The molecule has 2 heterocycles. The molecule has 0 aliphatic rings. The van der Waals surface area contributed by atoms with Crippen LogP contribution in [0, 0.1) is 0 Å². The summed E-state index contributed by atoms with van der Waals surface area (Å²) in [6.07, 6.45) is 1.60. The summed E-state index contributed by atoms with van der Waals surface area (Å²) in [5, 5.41) is 0. The van der Waals surface area contributed by atoms with Crippen LogP contribution in [0.5, 0.6) is 11.5 Å². The van der Waals surface area contributed by atoms with Crippen LogP contribution in [0.4, 0.5) is 5.69 Å². The number of aromatic nitrogens is 3. The number of fused-ring (bicyclic) bond motifs is 1. The Morgan fingerprint density at radius 3 is 2.50 bits per heavy atom. The fourth-order valence-corrected chi connectivity index (χ4v) is 2.00. The summed E-state index contributed by atoms with van der Waals surface area (Å²) < 4.78 is 10.5. The van der Waals surface area contributed by atoms with E-state index in [0.717, 1.165) is 16.7 Å². The van der Waals surface area contributed by atoms with E-state index < -0.39 is 0 Å². The molecule has 102 valence electrons. The maximum atomic E-state index is 5.63. The van der Waals surface area contributed by atoms with Crippen molar-refractivity contribution in [3.05, 3.63) is 30.5 Å². The fraction of sp³-hybridized carbons (Fsp3) is 0.143. The number of benzene rings is 1. The van der Waals surface area contributed by atoms with Crippen molar-refractivity contribution >= 4 is 16.7 Å². The lowest BCUT2D eigenvalue weighted by atomic mass is 10.3. The first-order valence-electron chi connectivity index (χ1n) is 6.05. The molecule has 0 amide bonds. The lowest BCUT2D eigenvalue weighted by Gasteiger charge is -2.06. The van der Waals surface area contributed by atoms with E-state index in [1.807, 2.05) is 18.2 Å². The number of H-pyrrole nitrogens is 1. The van der Waals surface area contributed by atoms with Crippen LogP contribution in [0.15, 0.2) is 30.5 Å². The second-order valence-electron chi connectivity index (χ2n) is 4.29. The summed E-state index contributed by atoms with van der Waals surface area (Å²) in [6, 6.07) is 7.28. The number of methoxy groups -OCH3 is 2. The zero-order valence-corrected chi connectivity index (χ0v) is 11.2. The Labute approximate surface area is 115 Å². The Hall–Kier alpha value is -2.76. The molecule has 0 saturated carbocycles. The van der Waals surface area contributed by atoms with Gasteiger partial charge in [0.2, 0.25) is 0 Å². The highest BCUT2D eigenvalue weighted by Gasteiger charge is 2.11. The molecule has 1 aromatic carbocycles. The summed E-state index contributed by atoms with van der Waals surface area (Å²) >= 11 is 0. The highest BCUT2D eigenvalue weighted by atomic mass is 16.5. The fourth-order valence-electron chi connectivity index (χ4n) is 2.00. The zero-order valence-electron chi connectivity index (χ0n) is 11.2. The molecule has 3 aromatic rings. The monoisotopic (exact) mass is 270 g/mol. The molecule has 2 aromatic heterocycles. The first kappa shape index (κ1) is 12.3. The number of imidazole rings is 1. The normalized spacial score (nSPS) is 10.7. The van der Waals surface area contributed by atoms with E-state index in [-0.39, 0.29) is 0 Å². The molecule has 6 heteroatoms. The van der Waals surface area contributed by atoms with Gasteiger partial charge in [-0.3, -0.25) is 4.98 Å². The topological polar surface area (TPSA) is 86.0 Å². The summed E-state index contributed by atoms with van der Waals surface area (Å²) in [4.78, 5) is 12.0. The van der Waals surface area contributed by atoms with E-state index in [4.69, 9.17) is 15.2 Å². The van der Waals surface area contributed by atoms with Gasteiger partial charge in [0, 0.05) is 12.1 Å². The lowest BCUT2D eigenvalue weighted by Crippen LogP contribution is -1.89. The summed E-state index contributed by atoms with van der Waals surface area (Å²) in [6.45, 7) is 0. The third kappa shape index (κ3) is 2.01. The predicted molar refractivity (Wildman–Crippen MR) is 76.8 cm³/mol. The molecule has 0 aliphatic carbocycles. The average molecular weight is 270 g/mol. The molecule has 0 saturated heterocycles. The summed E-state index contributed by atoms with van der Waals surface area (Å²) in [7, 11) is 3.20. The summed E-state index contributed by atoms with van der Waals surface area (Å²) in [5.41, 5.74) is 8.62. The molecule has 0 fully saturated rings. The van der Waals surface area contributed by atoms with Gasteiger partial charge in [-0.15, -0.1) is 0 Å². The van der Waals surface area contributed by atoms with Crippen molar-refractivity contribution in [2.75, 3.05) is 20.0 Å². The lowest BCUT2D eigenvalue weighted by molar-refractivity contribution is 0.356. The molecule has 0 atom stereocenters. The van der Waals surface area contributed by atoms with Gasteiger partial charge < -0.3 is 20.2 Å². The molecular formula is C14H14N4O2. The predicted octanol–water partition coefficient (Wildman–Crippen LogP) is 2.22. The quantitative estimate of drug-likeness (QED) is 0.762. The number of nitrogen functional groups attached to an aromatic ring is 1. The van der Waals surface area contributed by atoms with Gasteiger partial charge in [-0.05, 0) is 12.1 Å². The second kappa shape index (κ2) is 4.73. The molecule has 0 bridgehead atoms. The minimum atomic E-state index is 0.619. The zero-order chi connectivity index (χ0) is 14.1. The van der Waals surface area contributed by atoms with E-state index in [9.17, 15) is 0 Å². The number of aromatic amines is 1. The van der Waals surface area contributed by atoms with Crippen LogP contribution < -0.4 is 15.2 Å². The van der Waals surface area contributed by atoms with Gasteiger partial charge in [0.05, 0.1) is 37.1 Å². The van der Waals surface area contributed by atoms with Crippen molar-refractivity contribution in [1.82, 2.24) is 15.0 Å². The summed E-state index contributed by atoms with van der Waals surface area (Å²) in [5.74, 6) is 1.97. The van der Waals surface area contributed by atoms with Crippen LogP contribution in [-0.4, -0.2) is 29.2 Å². The van der Waals surface area contributed by atoms with Crippen molar-refractivity contribution < 1.29 is 9.47 Å². The van der Waals surface area contributed by atoms with Crippen LogP contribution in [0.3, 0.4) is 0 Å². The van der Waals surface area contributed by atoms with Crippen LogP contribution in [0.2, 0.25) is 0 Å². The highest BCUT2D eigenvalue weighted by Crippen LogP contribution is 2.32. The van der Waals surface area contributed by atoms with Crippen molar-refractivity contribution in [2.24, 2.45) is 0 Å². The van der Waals surface area contributed by atoms with Crippen molar-refractivity contribution in [1.29, 1.82) is 0 Å². The molecule has 0 unspecified atom stereocenters. The van der Waals surface area contributed by atoms with Crippen LogP contribution in [0.1, 0.15) is 0 Å². The van der Waals surface area contributed by atoms with Gasteiger partial charge in [0.15, 0.2) is 17.3 Å². The number of anilines is 1. The van der Waals surface area contributed by atoms with Gasteiger partial charge in [0.1, 0.15) is 5.69 Å². The number of nitrogens with one attached hydrogen (secondary N) is 1. The average Bonchev–Trinajstić information content (AvgIpc) is 2.89. The van der Waals surface area contributed by atoms with Crippen LogP contribution >= 0.6 is 0 Å². The number of rotatable bonds is 3. The molecule has 20 heavy (non-hydrogen) atoms. The number of hydrogen-bond acceptors (Lipinski definition) is 5. The van der Waals surface area contributed by atoms with Gasteiger partial charge in [-0.25, -0.2) is 4.98 Å². The molecule has 0 aliphatic heterocycles. The maximum absolute atomic E-state index is 5.63. The smallest absolute Gasteiger partial charge is 0.163 e. The van der Waals surface area contributed by atoms with Gasteiger partial charge >= 0.3 is 0 Å². The molecular weight excluding hydrogens is 256 g/mol. The maximum Gasteiger partial charge on any atom is 0.163 e. The minimum Gasteiger partial charge on any atom is -0.493 e. The Balaban J connectivity index is 2.12. The van der Waals surface area contributed by atoms with Crippen LogP contribution in [0.25, 0.3) is 22.6 Å². The third-order valence-corrected chi connectivity index (χ3v) is 3.02. The molecule has 3 N–H and O–H groups in total. The largest absolute Gasteiger partial charge is 0.493 e. The highest BCUT2D eigenvalue weighted by molar-refractivity contribution is 5.82. The Kier molecular flexibility index (Phi) is 2.90. The number of pyridine rings is 1. The molecule has 0 spiro atoms. The number of ether oxygens (including phenoxy) is 2. The first-order valence-corrected chi connectivity index (χ1v) is 6.05. The van der Waals surface area contributed by atoms with Crippen molar-refractivity contribution in [3.63, 3.8) is 0 Å². The van der Waals surface area contributed by atoms with E-state index in [1.165, 1.54) is 0 Å². The minimum absolute atomic E-state index is 0.619. The SMILES string of the molecule is COc1cc2nc(-c3ccc(N)cn3)[nH]c2cc1OC. The van der Waals surface area contributed by atoms with Gasteiger partial charge in [-0.1, -0.05) is 0 Å². The first-order chi connectivity index (χ1) is 9.71. The molecule has 6 nitrogen and oxygen atoms in total. The Bertz CT molecular complexity index is 709. The van der Waals surface area contributed by atoms with E-state index in [0.29, 0.717) is 23.0 Å². The Morgan fingerprint density at radius 1 is 1.10 bits per heavy atom. The Morgan fingerprint density at radius 2 is 1.85 bits per heavy atom. The second-order valence-corrected chi connectivity index (χ2v) is 4.29. The van der Waals surface area contributed by atoms with Gasteiger partial charge in [0.25, 0.3) is 0 Å². The number of hydrogen-bond donors (Lipinski definition) is 2. The third-order valence-electron chi connectivity index (χ3n) is 3.02. The van der Waals surface area contributed by atoms with E-state index in [1.54, 1.807) is 26.5 Å². The standard InChI is InChI=1S/C14H14N4O2/c1-19-12-5-10-11(6-13(12)20-2)18-14(17-10)9-4-3-8(15)7-16-9/h3-7H,15H2,1-2H3,(H,17,18). The number of nitrogens with zero attached hydrogens (tertiary/aromatic N) is 2. The van der Waals surface area contributed by atoms with E-state index in [2.05, 4.69) is 15.0 Å². The van der Waals surface area contributed by atoms with Crippen molar-refractivity contribution in [3.8, 4) is 23.0 Å². The van der Waals surface area contributed by atoms with Gasteiger partial charge in [-0.2, -0.15) is 0 Å². The number of nitrogens with two attached hydrogens (primary N) is 1. The van der Waals surface area contributed by atoms with Crippen molar-refractivity contribution in [2.45, 2.75) is 0 Å². The molecule has 0 radical (unpaired) electrons.